The van der Waals surface area contributed by atoms with E-state index in [2.05, 4.69) is 10.2 Å². The number of nitrogens with zero attached hydrogens (tertiary/aromatic N) is 2. The first-order chi connectivity index (χ1) is 16.9. The van der Waals surface area contributed by atoms with Crippen molar-refractivity contribution in [3.05, 3.63) is 89.5 Å². The lowest BCUT2D eigenvalue weighted by Crippen LogP contribution is -2.35. The number of amides is 1. The SMILES string of the molecule is CN(C)C(=O)Cc1ccc(Nc2ccc(CC(=O)c3ccc(N4CCC(O)CC4)cc3)cc2)cc1. The summed E-state index contributed by atoms with van der Waals surface area (Å²) >= 11 is 0. The summed E-state index contributed by atoms with van der Waals surface area (Å²) < 4.78 is 0. The molecule has 3 aromatic carbocycles. The van der Waals surface area contributed by atoms with Gasteiger partial charge in [0.25, 0.3) is 0 Å². The summed E-state index contributed by atoms with van der Waals surface area (Å²) in [4.78, 5) is 28.5. The fourth-order valence-electron chi connectivity index (χ4n) is 4.18. The van der Waals surface area contributed by atoms with Crippen LogP contribution in [-0.4, -0.2) is 55.0 Å². The number of carbonyl (C=O) groups is 2. The van der Waals surface area contributed by atoms with Gasteiger partial charge in [0.1, 0.15) is 0 Å². The van der Waals surface area contributed by atoms with Gasteiger partial charge >= 0.3 is 0 Å². The zero-order valence-electron chi connectivity index (χ0n) is 20.4. The molecule has 1 aliphatic heterocycles. The van der Waals surface area contributed by atoms with Gasteiger partial charge in [-0.15, -0.1) is 0 Å². The molecule has 0 aliphatic carbocycles. The highest BCUT2D eigenvalue weighted by Gasteiger charge is 2.17. The molecular weight excluding hydrogens is 438 g/mol. The van der Waals surface area contributed by atoms with Gasteiger partial charge in [-0.3, -0.25) is 9.59 Å². The molecule has 0 unspecified atom stereocenters. The van der Waals surface area contributed by atoms with Crippen LogP contribution in [0.5, 0.6) is 0 Å². The van der Waals surface area contributed by atoms with Gasteiger partial charge in [-0.1, -0.05) is 24.3 Å². The Kier molecular flexibility index (Phi) is 7.83. The van der Waals surface area contributed by atoms with E-state index in [0.29, 0.717) is 18.4 Å². The molecule has 0 atom stereocenters. The van der Waals surface area contributed by atoms with E-state index in [9.17, 15) is 14.7 Å². The number of anilines is 3. The summed E-state index contributed by atoms with van der Waals surface area (Å²) in [7, 11) is 3.52. The van der Waals surface area contributed by atoms with E-state index in [1.807, 2.05) is 72.8 Å². The van der Waals surface area contributed by atoms with Gasteiger partial charge in [0.15, 0.2) is 5.78 Å². The smallest absolute Gasteiger partial charge is 0.226 e. The molecule has 1 aliphatic rings. The number of hydrogen-bond donors (Lipinski definition) is 2. The van der Waals surface area contributed by atoms with Gasteiger partial charge in [0.05, 0.1) is 12.5 Å². The lowest BCUT2D eigenvalue weighted by molar-refractivity contribution is -0.127. The summed E-state index contributed by atoms with van der Waals surface area (Å²) in [6, 6.07) is 23.5. The number of piperidine rings is 1. The van der Waals surface area contributed by atoms with Crippen LogP contribution in [0.2, 0.25) is 0 Å². The maximum Gasteiger partial charge on any atom is 0.226 e. The minimum atomic E-state index is -0.195. The Bertz CT molecular complexity index is 1130. The highest BCUT2D eigenvalue weighted by atomic mass is 16.3. The fraction of sp³-hybridized carbons (Fsp3) is 0.310. The van der Waals surface area contributed by atoms with Crippen LogP contribution >= 0.6 is 0 Å². The molecule has 1 heterocycles. The lowest BCUT2D eigenvalue weighted by Gasteiger charge is -2.31. The maximum absolute atomic E-state index is 12.8. The van der Waals surface area contributed by atoms with Crippen molar-refractivity contribution in [3.63, 3.8) is 0 Å². The van der Waals surface area contributed by atoms with Gasteiger partial charge < -0.3 is 20.2 Å². The number of Topliss-reactive ketones (excluding diaryl/α,β-unsaturated/α-hetero) is 1. The molecule has 0 aromatic heterocycles. The molecule has 35 heavy (non-hydrogen) atoms. The lowest BCUT2D eigenvalue weighted by atomic mass is 10.0. The second-order valence-electron chi connectivity index (χ2n) is 9.35. The number of aliphatic hydroxyl groups is 1. The number of rotatable bonds is 8. The molecule has 2 N–H and O–H groups in total. The maximum atomic E-state index is 12.8. The van der Waals surface area contributed by atoms with E-state index in [4.69, 9.17) is 0 Å². The van der Waals surface area contributed by atoms with Gasteiger partial charge in [-0.05, 0) is 72.5 Å². The zero-order valence-corrected chi connectivity index (χ0v) is 20.4. The molecule has 1 amide bonds. The Morgan fingerprint density at radius 2 is 1.34 bits per heavy atom. The van der Waals surface area contributed by atoms with Crippen molar-refractivity contribution in [2.24, 2.45) is 0 Å². The van der Waals surface area contributed by atoms with Crippen molar-refractivity contribution in [1.82, 2.24) is 4.90 Å². The number of carbonyl (C=O) groups excluding carboxylic acids is 2. The summed E-state index contributed by atoms with van der Waals surface area (Å²) in [6.07, 6.45) is 2.12. The highest BCUT2D eigenvalue weighted by Crippen LogP contribution is 2.22. The van der Waals surface area contributed by atoms with E-state index in [-0.39, 0.29) is 17.8 Å². The summed E-state index contributed by atoms with van der Waals surface area (Å²) in [5.41, 5.74) is 5.63. The Labute approximate surface area is 207 Å². The number of ketones is 1. The monoisotopic (exact) mass is 471 g/mol. The van der Waals surface area contributed by atoms with E-state index in [0.717, 1.165) is 54.1 Å². The number of nitrogens with one attached hydrogen (secondary N) is 1. The van der Waals surface area contributed by atoms with Gasteiger partial charge in [-0.2, -0.15) is 0 Å². The third kappa shape index (κ3) is 6.70. The first kappa shape index (κ1) is 24.5. The van der Waals surface area contributed by atoms with Crippen molar-refractivity contribution in [2.45, 2.75) is 31.8 Å². The number of benzene rings is 3. The van der Waals surface area contributed by atoms with Gasteiger partial charge in [-0.25, -0.2) is 0 Å². The van der Waals surface area contributed by atoms with Crippen LogP contribution in [0.25, 0.3) is 0 Å². The molecule has 1 fully saturated rings. The van der Waals surface area contributed by atoms with E-state index in [1.165, 1.54) is 0 Å². The largest absolute Gasteiger partial charge is 0.393 e. The minimum absolute atomic E-state index is 0.0783. The van der Waals surface area contributed by atoms with Crippen LogP contribution in [0.4, 0.5) is 17.1 Å². The van der Waals surface area contributed by atoms with Crippen LogP contribution in [-0.2, 0) is 17.6 Å². The Morgan fingerprint density at radius 1 is 0.829 bits per heavy atom. The van der Waals surface area contributed by atoms with E-state index < -0.39 is 0 Å². The van der Waals surface area contributed by atoms with Gasteiger partial charge in [0.2, 0.25) is 5.91 Å². The van der Waals surface area contributed by atoms with E-state index in [1.54, 1.807) is 19.0 Å². The van der Waals surface area contributed by atoms with Crippen molar-refractivity contribution >= 4 is 28.8 Å². The van der Waals surface area contributed by atoms with E-state index >= 15 is 0 Å². The Balaban J connectivity index is 1.30. The molecule has 0 saturated carbocycles. The first-order valence-electron chi connectivity index (χ1n) is 12.1. The first-order valence-corrected chi connectivity index (χ1v) is 12.1. The van der Waals surface area contributed by atoms with Crippen LogP contribution in [0, 0.1) is 0 Å². The molecule has 4 rings (SSSR count). The molecule has 0 spiro atoms. The highest BCUT2D eigenvalue weighted by molar-refractivity contribution is 5.97. The minimum Gasteiger partial charge on any atom is -0.393 e. The quantitative estimate of drug-likeness (QED) is 0.475. The predicted molar refractivity (Wildman–Crippen MR) is 140 cm³/mol. The summed E-state index contributed by atoms with van der Waals surface area (Å²) in [5.74, 6) is 0.170. The molecule has 6 heteroatoms. The topological polar surface area (TPSA) is 72.9 Å². The molecule has 6 nitrogen and oxygen atoms in total. The van der Waals surface area contributed by atoms with Crippen LogP contribution in [0.3, 0.4) is 0 Å². The normalized spacial score (nSPS) is 14.0. The Morgan fingerprint density at radius 3 is 1.86 bits per heavy atom. The van der Waals surface area contributed by atoms with Crippen LogP contribution < -0.4 is 10.2 Å². The van der Waals surface area contributed by atoms with Crippen LogP contribution in [0.15, 0.2) is 72.8 Å². The average molecular weight is 472 g/mol. The number of aliphatic hydroxyl groups excluding tert-OH is 1. The fourth-order valence-corrected chi connectivity index (χ4v) is 4.18. The second-order valence-corrected chi connectivity index (χ2v) is 9.35. The number of likely N-dealkylation sites (N-methyl/N-ethyl adjacent to an activating group) is 1. The molecule has 1 saturated heterocycles. The third-order valence-corrected chi connectivity index (χ3v) is 6.43. The van der Waals surface area contributed by atoms with Crippen molar-refractivity contribution in [2.75, 3.05) is 37.4 Å². The average Bonchev–Trinajstić information content (AvgIpc) is 2.87. The zero-order chi connectivity index (χ0) is 24.8. The summed E-state index contributed by atoms with van der Waals surface area (Å²) in [5, 5.41) is 13.0. The molecule has 182 valence electrons. The number of hydrogen-bond acceptors (Lipinski definition) is 5. The molecule has 0 bridgehead atoms. The van der Waals surface area contributed by atoms with Crippen molar-refractivity contribution < 1.29 is 14.7 Å². The molecule has 3 aromatic rings. The van der Waals surface area contributed by atoms with Crippen molar-refractivity contribution in [1.29, 1.82) is 0 Å². The standard InChI is InChI=1S/C29H33N3O3/c1-31(2)29(35)20-22-5-11-25(12-6-22)30-24-9-3-21(4-10-24)19-28(34)23-7-13-26(14-8-23)32-17-15-27(33)16-18-32/h3-14,27,30,33H,15-20H2,1-2H3. The third-order valence-electron chi connectivity index (χ3n) is 6.43. The molecular formula is C29H33N3O3. The van der Waals surface area contributed by atoms with Crippen LogP contribution in [0.1, 0.15) is 34.3 Å². The van der Waals surface area contributed by atoms with Crippen molar-refractivity contribution in [3.8, 4) is 0 Å². The Hall–Kier alpha value is -3.64. The second kappa shape index (κ2) is 11.2. The molecule has 0 radical (unpaired) electrons. The van der Waals surface area contributed by atoms with Gasteiger partial charge in [0, 0.05) is 56.2 Å². The predicted octanol–water partition coefficient (Wildman–Crippen LogP) is 4.45. The summed E-state index contributed by atoms with van der Waals surface area (Å²) in [6.45, 7) is 1.68.